The second-order valence-corrected chi connectivity index (χ2v) is 6.21. The number of pyridine rings is 1. The first-order valence-electron chi connectivity index (χ1n) is 7.32. The zero-order valence-corrected chi connectivity index (χ0v) is 14.4. The van der Waals surface area contributed by atoms with Crippen LogP contribution in [0.4, 0.5) is 0 Å². The number of aryl methyl sites for hydroxylation is 1. The van der Waals surface area contributed by atoms with E-state index in [1.54, 1.807) is 26.1 Å². The zero-order chi connectivity index (χ0) is 17.0. The molecule has 1 amide bonds. The molecule has 0 aliphatic carbocycles. The van der Waals surface area contributed by atoms with Crippen molar-refractivity contribution in [2.75, 3.05) is 13.7 Å². The molecule has 23 heavy (non-hydrogen) atoms. The van der Waals surface area contributed by atoms with Gasteiger partial charge >= 0.3 is 0 Å². The molecule has 0 aliphatic rings. The Morgan fingerprint density at radius 2 is 2.17 bits per heavy atom. The molecule has 0 fully saturated rings. The molecule has 2 heterocycles. The van der Waals surface area contributed by atoms with E-state index in [0.29, 0.717) is 47.0 Å². The first-order chi connectivity index (χ1) is 10.9. The summed E-state index contributed by atoms with van der Waals surface area (Å²) in [5.41, 5.74) is 1.09. The van der Waals surface area contributed by atoms with Gasteiger partial charge in [-0.3, -0.25) is 4.79 Å². The number of hydrogen-bond acceptors (Lipinski definition) is 5. The number of carbonyl (C=O) groups is 1. The average Bonchev–Trinajstić information content (AvgIpc) is 2.90. The SMILES string of the molecule is Cc1cc(CN(C)C(=O)c2cnc(OCC(C)C)c(Cl)c2)no1. The van der Waals surface area contributed by atoms with E-state index in [4.69, 9.17) is 20.9 Å². The van der Waals surface area contributed by atoms with Crippen LogP contribution in [0.1, 0.15) is 35.7 Å². The summed E-state index contributed by atoms with van der Waals surface area (Å²) in [6.45, 7) is 6.74. The molecule has 124 valence electrons. The number of aromatic nitrogens is 2. The molecule has 0 aliphatic heterocycles. The maximum Gasteiger partial charge on any atom is 0.255 e. The predicted molar refractivity (Wildman–Crippen MR) is 86.6 cm³/mol. The van der Waals surface area contributed by atoms with Gasteiger partial charge in [0, 0.05) is 19.3 Å². The van der Waals surface area contributed by atoms with Crippen LogP contribution in [0, 0.1) is 12.8 Å². The maximum atomic E-state index is 12.4. The van der Waals surface area contributed by atoms with Gasteiger partial charge in [-0.25, -0.2) is 4.98 Å². The fourth-order valence-corrected chi connectivity index (χ4v) is 2.14. The lowest BCUT2D eigenvalue weighted by molar-refractivity contribution is 0.0781. The van der Waals surface area contributed by atoms with E-state index in [1.807, 2.05) is 13.8 Å². The van der Waals surface area contributed by atoms with Crippen molar-refractivity contribution in [2.24, 2.45) is 5.92 Å². The van der Waals surface area contributed by atoms with Gasteiger partial charge in [-0.15, -0.1) is 0 Å². The van der Waals surface area contributed by atoms with Crippen LogP contribution in [0.2, 0.25) is 5.02 Å². The fourth-order valence-electron chi connectivity index (χ4n) is 1.92. The summed E-state index contributed by atoms with van der Waals surface area (Å²) in [6.07, 6.45) is 1.47. The Kier molecular flexibility index (Phi) is 5.60. The van der Waals surface area contributed by atoms with E-state index in [-0.39, 0.29) is 5.91 Å². The van der Waals surface area contributed by atoms with Gasteiger partial charge in [-0.1, -0.05) is 30.6 Å². The Bertz CT molecular complexity index is 685. The van der Waals surface area contributed by atoms with Gasteiger partial charge in [0.15, 0.2) is 0 Å². The third-order valence-electron chi connectivity index (χ3n) is 3.03. The Labute approximate surface area is 140 Å². The van der Waals surface area contributed by atoms with Crippen molar-refractivity contribution in [2.45, 2.75) is 27.3 Å². The quantitative estimate of drug-likeness (QED) is 0.808. The molecule has 6 nitrogen and oxygen atoms in total. The number of ether oxygens (including phenoxy) is 1. The number of halogens is 1. The lowest BCUT2D eigenvalue weighted by Crippen LogP contribution is -2.26. The molecular formula is C16H20ClN3O3. The van der Waals surface area contributed by atoms with Crippen LogP contribution in [0.3, 0.4) is 0 Å². The first-order valence-corrected chi connectivity index (χ1v) is 7.70. The van der Waals surface area contributed by atoms with E-state index in [2.05, 4.69) is 10.1 Å². The van der Waals surface area contributed by atoms with E-state index in [0.717, 1.165) is 0 Å². The monoisotopic (exact) mass is 337 g/mol. The maximum absolute atomic E-state index is 12.4. The number of hydrogen-bond donors (Lipinski definition) is 0. The second-order valence-electron chi connectivity index (χ2n) is 5.81. The van der Waals surface area contributed by atoms with Crippen LogP contribution in [-0.4, -0.2) is 34.6 Å². The van der Waals surface area contributed by atoms with E-state index in [1.165, 1.54) is 11.1 Å². The van der Waals surface area contributed by atoms with Crippen LogP contribution in [0.15, 0.2) is 22.9 Å². The molecule has 0 saturated heterocycles. The van der Waals surface area contributed by atoms with E-state index in [9.17, 15) is 4.79 Å². The summed E-state index contributed by atoms with van der Waals surface area (Å²) in [7, 11) is 1.68. The molecule has 0 radical (unpaired) electrons. The van der Waals surface area contributed by atoms with E-state index < -0.39 is 0 Å². The predicted octanol–water partition coefficient (Wildman–Crippen LogP) is 3.34. The fraction of sp³-hybridized carbons (Fsp3) is 0.438. The van der Waals surface area contributed by atoms with Gasteiger partial charge in [-0.05, 0) is 18.9 Å². The molecule has 0 spiro atoms. The lowest BCUT2D eigenvalue weighted by Gasteiger charge is -2.16. The second kappa shape index (κ2) is 7.46. The first kappa shape index (κ1) is 17.3. The van der Waals surface area contributed by atoms with Crippen molar-refractivity contribution in [1.82, 2.24) is 15.0 Å². The van der Waals surface area contributed by atoms with Crippen LogP contribution in [-0.2, 0) is 6.54 Å². The van der Waals surface area contributed by atoms with Crippen LogP contribution in [0.25, 0.3) is 0 Å². The molecule has 0 aromatic carbocycles. The van der Waals surface area contributed by atoms with Crippen molar-refractivity contribution in [3.05, 3.63) is 40.4 Å². The topological polar surface area (TPSA) is 68.5 Å². The molecular weight excluding hydrogens is 318 g/mol. The number of rotatable bonds is 6. The van der Waals surface area contributed by atoms with Gasteiger partial charge < -0.3 is 14.2 Å². The molecule has 2 aromatic heterocycles. The van der Waals surface area contributed by atoms with Crippen molar-refractivity contribution in [1.29, 1.82) is 0 Å². The van der Waals surface area contributed by atoms with Crippen molar-refractivity contribution in [3.8, 4) is 5.88 Å². The van der Waals surface area contributed by atoms with Gasteiger partial charge in [0.05, 0.1) is 18.7 Å². The van der Waals surface area contributed by atoms with Gasteiger partial charge in [-0.2, -0.15) is 0 Å². The Balaban J connectivity index is 2.05. The minimum Gasteiger partial charge on any atom is -0.476 e. The standard InChI is InChI=1S/C16H20ClN3O3/c1-10(2)9-22-15-14(17)6-12(7-18-15)16(21)20(4)8-13-5-11(3)23-19-13/h5-7,10H,8-9H2,1-4H3. The van der Waals surface area contributed by atoms with Crippen molar-refractivity contribution < 1.29 is 14.1 Å². The van der Waals surface area contributed by atoms with Crippen molar-refractivity contribution in [3.63, 3.8) is 0 Å². The Hall–Kier alpha value is -2.08. The normalized spacial score (nSPS) is 10.9. The third kappa shape index (κ3) is 4.69. The van der Waals surface area contributed by atoms with Crippen LogP contribution in [0.5, 0.6) is 5.88 Å². The number of nitrogens with zero attached hydrogens (tertiary/aromatic N) is 3. The molecule has 0 bridgehead atoms. The highest BCUT2D eigenvalue weighted by Crippen LogP contribution is 2.23. The summed E-state index contributed by atoms with van der Waals surface area (Å²) >= 11 is 6.14. The number of amides is 1. The molecule has 2 rings (SSSR count). The summed E-state index contributed by atoms with van der Waals surface area (Å²) in [6, 6.07) is 3.36. The minimum absolute atomic E-state index is 0.199. The Morgan fingerprint density at radius 1 is 1.43 bits per heavy atom. The van der Waals surface area contributed by atoms with E-state index >= 15 is 0 Å². The molecule has 2 aromatic rings. The smallest absolute Gasteiger partial charge is 0.255 e. The van der Waals surface area contributed by atoms with Gasteiger partial charge in [0.1, 0.15) is 16.5 Å². The highest BCUT2D eigenvalue weighted by Gasteiger charge is 2.16. The largest absolute Gasteiger partial charge is 0.476 e. The molecule has 0 saturated carbocycles. The molecule has 0 unspecified atom stereocenters. The number of carbonyl (C=O) groups excluding carboxylic acids is 1. The summed E-state index contributed by atoms with van der Waals surface area (Å²) in [5, 5.41) is 4.20. The molecule has 7 heteroatoms. The lowest BCUT2D eigenvalue weighted by atomic mass is 10.2. The summed E-state index contributed by atoms with van der Waals surface area (Å²) in [4.78, 5) is 18.1. The summed E-state index contributed by atoms with van der Waals surface area (Å²) in [5.74, 6) is 1.21. The highest BCUT2D eigenvalue weighted by atomic mass is 35.5. The summed E-state index contributed by atoms with van der Waals surface area (Å²) < 4.78 is 10.5. The van der Waals surface area contributed by atoms with Gasteiger partial charge in [0.2, 0.25) is 5.88 Å². The zero-order valence-electron chi connectivity index (χ0n) is 13.7. The average molecular weight is 338 g/mol. The highest BCUT2D eigenvalue weighted by molar-refractivity contribution is 6.32. The minimum atomic E-state index is -0.199. The van der Waals surface area contributed by atoms with Crippen LogP contribution < -0.4 is 4.74 Å². The Morgan fingerprint density at radius 3 is 2.74 bits per heavy atom. The molecule has 0 atom stereocenters. The molecule has 0 N–H and O–H groups in total. The van der Waals surface area contributed by atoms with Gasteiger partial charge in [0.25, 0.3) is 5.91 Å². The third-order valence-corrected chi connectivity index (χ3v) is 3.30. The van der Waals surface area contributed by atoms with Crippen molar-refractivity contribution >= 4 is 17.5 Å². The van der Waals surface area contributed by atoms with Crippen LogP contribution >= 0.6 is 11.6 Å².